The zero-order chi connectivity index (χ0) is 19.1. The highest BCUT2D eigenvalue weighted by Gasteiger charge is 2.17. The van der Waals surface area contributed by atoms with Gasteiger partial charge in [-0.3, -0.25) is 4.79 Å². The summed E-state index contributed by atoms with van der Waals surface area (Å²) in [5, 5.41) is 2.79. The van der Waals surface area contributed by atoms with Crippen LogP contribution in [0.5, 0.6) is 23.0 Å². The van der Waals surface area contributed by atoms with E-state index in [2.05, 4.69) is 5.32 Å². The molecule has 1 N–H and O–H groups in total. The number of benzene rings is 2. The average molecular weight is 369 g/mol. The van der Waals surface area contributed by atoms with Gasteiger partial charge in [0, 0.05) is 6.08 Å². The fourth-order valence-corrected chi connectivity index (χ4v) is 2.67. The monoisotopic (exact) mass is 369 g/mol. The molecule has 1 aliphatic heterocycles. The maximum atomic E-state index is 12.0. The standard InChI is InChI=1S/C21H23NO5/c1-15-4-3-5-17(12-15)25-9-8-22-20(23)7-6-16-13-18(24-2)21-19(14-16)26-10-11-27-21/h3-7,12-14H,8-11H2,1-2H3,(H,22,23)/b7-6+. The quantitative estimate of drug-likeness (QED) is 0.600. The molecule has 1 heterocycles. The fraction of sp³-hybridized carbons (Fsp3) is 0.286. The molecule has 0 unspecified atom stereocenters. The van der Waals surface area contributed by atoms with E-state index in [9.17, 15) is 4.79 Å². The van der Waals surface area contributed by atoms with Crippen molar-refractivity contribution in [2.75, 3.05) is 33.5 Å². The molecular formula is C21H23NO5. The van der Waals surface area contributed by atoms with Crippen LogP contribution in [0.25, 0.3) is 6.08 Å². The molecule has 2 aromatic carbocycles. The third-order valence-electron chi connectivity index (χ3n) is 3.94. The normalized spacial score (nSPS) is 12.7. The Morgan fingerprint density at radius 2 is 2.07 bits per heavy atom. The predicted octanol–water partition coefficient (Wildman–Crippen LogP) is 2.98. The maximum Gasteiger partial charge on any atom is 0.244 e. The Morgan fingerprint density at radius 1 is 1.22 bits per heavy atom. The van der Waals surface area contributed by atoms with Crippen molar-refractivity contribution >= 4 is 12.0 Å². The Kier molecular flexibility index (Phi) is 6.20. The molecule has 0 saturated carbocycles. The van der Waals surface area contributed by atoms with Gasteiger partial charge < -0.3 is 24.3 Å². The number of hydrogen-bond donors (Lipinski definition) is 1. The van der Waals surface area contributed by atoms with Gasteiger partial charge in [0.15, 0.2) is 11.5 Å². The molecule has 1 aliphatic rings. The number of hydrogen-bond acceptors (Lipinski definition) is 5. The van der Waals surface area contributed by atoms with Crippen molar-refractivity contribution in [2.24, 2.45) is 0 Å². The number of amides is 1. The van der Waals surface area contributed by atoms with Gasteiger partial charge in [0.25, 0.3) is 0 Å². The number of ether oxygens (including phenoxy) is 4. The Balaban J connectivity index is 1.51. The Hall–Kier alpha value is -3.15. The van der Waals surface area contributed by atoms with Crippen LogP contribution in [0.4, 0.5) is 0 Å². The predicted molar refractivity (Wildman–Crippen MR) is 103 cm³/mol. The molecule has 6 heteroatoms. The average Bonchev–Trinajstić information content (AvgIpc) is 2.69. The number of methoxy groups -OCH3 is 1. The van der Waals surface area contributed by atoms with Crippen LogP contribution in [0.15, 0.2) is 42.5 Å². The van der Waals surface area contributed by atoms with Crippen molar-refractivity contribution < 1.29 is 23.7 Å². The molecule has 27 heavy (non-hydrogen) atoms. The third kappa shape index (κ3) is 5.17. The number of carbonyl (C=O) groups is 1. The molecule has 2 aromatic rings. The van der Waals surface area contributed by atoms with Crippen LogP contribution >= 0.6 is 0 Å². The van der Waals surface area contributed by atoms with E-state index in [4.69, 9.17) is 18.9 Å². The molecule has 0 saturated heterocycles. The van der Waals surface area contributed by atoms with E-state index in [1.54, 1.807) is 19.3 Å². The van der Waals surface area contributed by atoms with Crippen LogP contribution in [0.2, 0.25) is 0 Å². The van der Waals surface area contributed by atoms with E-state index >= 15 is 0 Å². The van der Waals surface area contributed by atoms with Crippen LogP contribution in [0, 0.1) is 6.92 Å². The van der Waals surface area contributed by atoms with Gasteiger partial charge in [0.05, 0.1) is 13.7 Å². The summed E-state index contributed by atoms with van der Waals surface area (Å²) in [6.45, 7) is 3.81. The summed E-state index contributed by atoms with van der Waals surface area (Å²) >= 11 is 0. The minimum absolute atomic E-state index is 0.198. The van der Waals surface area contributed by atoms with Gasteiger partial charge in [-0.15, -0.1) is 0 Å². The van der Waals surface area contributed by atoms with Gasteiger partial charge in [-0.05, 0) is 48.4 Å². The zero-order valence-electron chi connectivity index (χ0n) is 15.5. The van der Waals surface area contributed by atoms with Crippen LogP contribution in [-0.4, -0.2) is 39.4 Å². The lowest BCUT2D eigenvalue weighted by atomic mass is 10.1. The lowest BCUT2D eigenvalue weighted by Crippen LogP contribution is -2.26. The second-order valence-corrected chi connectivity index (χ2v) is 6.04. The topological polar surface area (TPSA) is 66.0 Å². The minimum Gasteiger partial charge on any atom is -0.493 e. The molecule has 142 valence electrons. The first-order chi connectivity index (χ1) is 13.2. The highest BCUT2D eigenvalue weighted by Crippen LogP contribution is 2.40. The smallest absolute Gasteiger partial charge is 0.244 e. The lowest BCUT2D eigenvalue weighted by molar-refractivity contribution is -0.116. The Morgan fingerprint density at radius 3 is 2.89 bits per heavy atom. The molecule has 0 fully saturated rings. The number of aryl methyl sites for hydroxylation is 1. The summed E-state index contributed by atoms with van der Waals surface area (Å²) < 4.78 is 22.1. The number of rotatable bonds is 7. The van der Waals surface area contributed by atoms with Crippen molar-refractivity contribution in [2.45, 2.75) is 6.92 Å². The minimum atomic E-state index is -0.198. The first-order valence-electron chi connectivity index (χ1n) is 8.79. The van der Waals surface area contributed by atoms with Gasteiger partial charge in [0.2, 0.25) is 11.7 Å². The van der Waals surface area contributed by atoms with Crippen molar-refractivity contribution in [3.8, 4) is 23.0 Å². The summed E-state index contributed by atoms with van der Waals surface area (Å²) in [6, 6.07) is 11.4. The molecule has 0 bridgehead atoms. The summed E-state index contributed by atoms with van der Waals surface area (Å²) in [5.41, 5.74) is 1.93. The van der Waals surface area contributed by atoms with Crippen LogP contribution in [-0.2, 0) is 4.79 Å². The van der Waals surface area contributed by atoms with Crippen molar-refractivity contribution in [3.05, 3.63) is 53.6 Å². The van der Waals surface area contributed by atoms with Gasteiger partial charge >= 0.3 is 0 Å². The SMILES string of the molecule is COc1cc(/C=C/C(=O)NCCOc2cccc(C)c2)cc2c1OCCO2. The molecule has 0 radical (unpaired) electrons. The first-order valence-corrected chi connectivity index (χ1v) is 8.79. The van der Waals surface area contributed by atoms with Crippen LogP contribution in [0.1, 0.15) is 11.1 Å². The third-order valence-corrected chi connectivity index (χ3v) is 3.94. The molecule has 0 atom stereocenters. The fourth-order valence-electron chi connectivity index (χ4n) is 2.67. The van der Waals surface area contributed by atoms with Crippen molar-refractivity contribution in [3.63, 3.8) is 0 Å². The molecule has 0 aliphatic carbocycles. The zero-order valence-corrected chi connectivity index (χ0v) is 15.5. The molecule has 3 rings (SSSR count). The molecule has 0 aromatic heterocycles. The number of nitrogens with one attached hydrogen (secondary N) is 1. The van der Waals surface area contributed by atoms with E-state index in [0.717, 1.165) is 16.9 Å². The highest BCUT2D eigenvalue weighted by atomic mass is 16.6. The Labute approximate surface area is 158 Å². The lowest BCUT2D eigenvalue weighted by Gasteiger charge is -2.20. The second-order valence-electron chi connectivity index (χ2n) is 6.04. The van der Waals surface area contributed by atoms with E-state index in [1.807, 2.05) is 37.3 Å². The first kappa shape index (κ1) is 18.6. The molecular weight excluding hydrogens is 346 g/mol. The summed E-state index contributed by atoms with van der Waals surface area (Å²) in [5.74, 6) is 2.39. The number of fused-ring (bicyclic) bond motifs is 1. The maximum absolute atomic E-state index is 12.0. The van der Waals surface area contributed by atoms with Crippen molar-refractivity contribution in [1.82, 2.24) is 5.32 Å². The van der Waals surface area contributed by atoms with Crippen LogP contribution < -0.4 is 24.3 Å². The van der Waals surface area contributed by atoms with E-state index in [1.165, 1.54) is 6.08 Å². The summed E-state index contributed by atoms with van der Waals surface area (Å²) in [6.07, 6.45) is 3.18. The Bertz CT molecular complexity index is 814. The van der Waals surface area contributed by atoms with Crippen LogP contribution in [0.3, 0.4) is 0 Å². The van der Waals surface area contributed by atoms with E-state index < -0.39 is 0 Å². The van der Waals surface area contributed by atoms with E-state index in [0.29, 0.717) is 43.6 Å². The molecule has 1 amide bonds. The molecule has 6 nitrogen and oxygen atoms in total. The van der Waals surface area contributed by atoms with Gasteiger partial charge in [-0.25, -0.2) is 0 Å². The molecule has 0 spiro atoms. The highest BCUT2D eigenvalue weighted by molar-refractivity contribution is 5.91. The second kappa shape index (κ2) is 8.98. The van der Waals surface area contributed by atoms with Gasteiger partial charge in [-0.1, -0.05) is 12.1 Å². The summed E-state index contributed by atoms with van der Waals surface area (Å²) in [7, 11) is 1.57. The summed E-state index contributed by atoms with van der Waals surface area (Å²) in [4.78, 5) is 12.0. The largest absolute Gasteiger partial charge is 0.493 e. The van der Waals surface area contributed by atoms with Gasteiger partial charge in [0.1, 0.15) is 25.6 Å². The van der Waals surface area contributed by atoms with Gasteiger partial charge in [-0.2, -0.15) is 0 Å². The number of carbonyl (C=O) groups excluding carboxylic acids is 1. The van der Waals surface area contributed by atoms with Crippen molar-refractivity contribution in [1.29, 1.82) is 0 Å². The van der Waals surface area contributed by atoms with E-state index in [-0.39, 0.29) is 5.91 Å².